The van der Waals surface area contributed by atoms with Gasteiger partial charge in [-0.25, -0.2) is 0 Å². The summed E-state index contributed by atoms with van der Waals surface area (Å²) in [5.74, 6) is 0.0922. The molecule has 2 fully saturated rings. The van der Waals surface area contributed by atoms with E-state index in [0.29, 0.717) is 13.1 Å². The van der Waals surface area contributed by atoms with Crippen LogP contribution in [0.5, 0.6) is 0 Å². The van der Waals surface area contributed by atoms with Crippen LogP contribution in [0, 0.1) is 0 Å². The molecule has 2 aliphatic rings. The zero-order valence-electron chi connectivity index (χ0n) is 10.4. The van der Waals surface area contributed by atoms with Crippen LogP contribution in [0.2, 0.25) is 0 Å². The molecule has 0 saturated carbocycles. The molecule has 0 aromatic heterocycles. The lowest BCUT2D eigenvalue weighted by Gasteiger charge is -2.30. The van der Waals surface area contributed by atoms with E-state index in [1.54, 1.807) is 0 Å². The third-order valence-corrected chi connectivity index (χ3v) is 3.46. The zero-order chi connectivity index (χ0) is 12.1. The highest BCUT2D eigenvalue weighted by molar-refractivity contribution is 5.78. The molecule has 17 heavy (non-hydrogen) atoms. The first kappa shape index (κ1) is 12.8. The first-order chi connectivity index (χ1) is 8.24. The highest BCUT2D eigenvalue weighted by Crippen LogP contribution is 2.10. The molecule has 0 radical (unpaired) electrons. The van der Waals surface area contributed by atoms with Gasteiger partial charge in [0, 0.05) is 25.7 Å². The lowest BCUT2D eigenvalue weighted by Crippen LogP contribution is -2.47. The predicted octanol–water partition coefficient (Wildman–Crippen LogP) is -0.295. The second-order valence-corrected chi connectivity index (χ2v) is 5.08. The molecule has 0 aromatic carbocycles. The highest BCUT2D eigenvalue weighted by Gasteiger charge is 2.20. The first-order valence-electron chi connectivity index (χ1n) is 6.60. The number of hydrogen-bond donors (Lipinski definition) is 2. The summed E-state index contributed by atoms with van der Waals surface area (Å²) in [5.41, 5.74) is 5.88. The summed E-state index contributed by atoms with van der Waals surface area (Å²) in [6, 6.07) is 0.231. The quantitative estimate of drug-likeness (QED) is 0.709. The highest BCUT2D eigenvalue weighted by atomic mass is 16.5. The maximum Gasteiger partial charge on any atom is 0.234 e. The van der Waals surface area contributed by atoms with Crippen molar-refractivity contribution in [1.29, 1.82) is 0 Å². The Morgan fingerprint density at radius 2 is 2.29 bits per heavy atom. The SMILES string of the molecule is N[C@H]1CCCN(CC(=O)NC[C@@H]2CCCO2)C1. The fourth-order valence-electron chi connectivity index (χ4n) is 2.53. The van der Waals surface area contributed by atoms with E-state index in [-0.39, 0.29) is 18.1 Å². The van der Waals surface area contributed by atoms with Crippen molar-refractivity contribution in [2.45, 2.75) is 37.8 Å². The maximum atomic E-state index is 11.7. The molecule has 0 spiro atoms. The molecule has 0 aliphatic carbocycles. The third-order valence-electron chi connectivity index (χ3n) is 3.46. The average molecular weight is 241 g/mol. The number of ether oxygens (including phenoxy) is 1. The molecule has 1 amide bonds. The van der Waals surface area contributed by atoms with Crippen LogP contribution in [-0.2, 0) is 9.53 Å². The van der Waals surface area contributed by atoms with Crippen LogP contribution in [0.25, 0.3) is 0 Å². The molecule has 2 atom stereocenters. The van der Waals surface area contributed by atoms with Gasteiger partial charge in [-0.1, -0.05) is 0 Å². The van der Waals surface area contributed by atoms with Crippen molar-refractivity contribution < 1.29 is 9.53 Å². The minimum atomic E-state index is 0.0922. The number of hydrogen-bond acceptors (Lipinski definition) is 4. The largest absolute Gasteiger partial charge is 0.376 e. The standard InChI is InChI=1S/C12H23N3O2/c13-10-3-1-5-15(8-10)9-12(16)14-7-11-4-2-6-17-11/h10-11H,1-9,13H2,(H,14,16)/t10-,11-/m0/s1. The van der Waals surface area contributed by atoms with Crippen LogP contribution in [0.1, 0.15) is 25.7 Å². The van der Waals surface area contributed by atoms with Gasteiger partial charge in [-0.15, -0.1) is 0 Å². The summed E-state index contributed by atoms with van der Waals surface area (Å²) in [7, 11) is 0. The van der Waals surface area contributed by atoms with Gasteiger partial charge in [0.2, 0.25) is 5.91 Å². The van der Waals surface area contributed by atoms with Crippen molar-refractivity contribution in [2.75, 3.05) is 32.8 Å². The molecule has 2 aliphatic heterocycles. The molecular weight excluding hydrogens is 218 g/mol. The van der Waals surface area contributed by atoms with E-state index in [1.807, 2.05) is 0 Å². The molecule has 0 aromatic rings. The van der Waals surface area contributed by atoms with Gasteiger partial charge >= 0.3 is 0 Å². The van der Waals surface area contributed by atoms with Gasteiger partial charge in [0.25, 0.3) is 0 Å². The number of likely N-dealkylation sites (tertiary alicyclic amines) is 1. The molecule has 0 bridgehead atoms. The number of piperidine rings is 1. The van der Waals surface area contributed by atoms with Gasteiger partial charge < -0.3 is 15.8 Å². The van der Waals surface area contributed by atoms with Crippen molar-refractivity contribution in [3.63, 3.8) is 0 Å². The van der Waals surface area contributed by atoms with Gasteiger partial charge in [0.15, 0.2) is 0 Å². The second kappa shape index (κ2) is 6.33. The van der Waals surface area contributed by atoms with Crippen LogP contribution in [0.4, 0.5) is 0 Å². The summed E-state index contributed by atoms with van der Waals surface area (Å²) in [5, 5.41) is 2.94. The molecule has 5 nitrogen and oxygen atoms in total. The van der Waals surface area contributed by atoms with Crippen LogP contribution in [0.3, 0.4) is 0 Å². The van der Waals surface area contributed by atoms with E-state index in [1.165, 1.54) is 0 Å². The normalized spacial score (nSPS) is 30.4. The number of carbonyl (C=O) groups is 1. The summed E-state index contributed by atoms with van der Waals surface area (Å²) in [6.45, 7) is 3.79. The van der Waals surface area contributed by atoms with Gasteiger partial charge in [-0.2, -0.15) is 0 Å². The Bertz CT molecular complexity index is 254. The van der Waals surface area contributed by atoms with Gasteiger partial charge in [-0.05, 0) is 32.2 Å². The average Bonchev–Trinajstić information content (AvgIpc) is 2.79. The predicted molar refractivity (Wildman–Crippen MR) is 65.6 cm³/mol. The van der Waals surface area contributed by atoms with Crippen LogP contribution in [0.15, 0.2) is 0 Å². The summed E-state index contributed by atoms with van der Waals surface area (Å²) < 4.78 is 5.46. The van der Waals surface area contributed by atoms with Crippen LogP contribution >= 0.6 is 0 Å². The topological polar surface area (TPSA) is 67.6 Å². The lowest BCUT2D eigenvalue weighted by atomic mass is 10.1. The minimum Gasteiger partial charge on any atom is -0.376 e. The molecule has 2 saturated heterocycles. The fraction of sp³-hybridized carbons (Fsp3) is 0.917. The first-order valence-corrected chi connectivity index (χ1v) is 6.60. The summed E-state index contributed by atoms with van der Waals surface area (Å²) in [4.78, 5) is 13.9. The van der Waals surface area contributed by atoms with E-state index in [2.05, 4.69) is 10.2 Å². The maximum absolute atomic E-state index is 11.7. The van der Waals surface area contributed by atoms with E-state index in [0.717, 1.165) is 45.4 Å². The summed E-state index contributed by atoms with van der Waals surface area (Å²) in [6.07, 6.45) is 4.58. The number of nitrogens with one attached hydrogen (secondary N) is 1. The zero-order valence-corrected chi connectivity index (χ0v) is 10.4. The molecule has 2 rings (SSSR count). The van der Waals surface area contributed by atoms with Gasteiger partial charge in [-0.3, -0.25) is 9.69 Å². The molecule has 0 unspecified atom stereocenters. The number of carbonyl (C=O) groups excluding carboxylic acids is 1. The van der Waals surface area contributed by atoms with Crippen molar-refractivity contribution >= 4 is 5.91 Å². The van der Waals surface area contributed by atoms with Crippen molar-refractivity contribution in [3.8, 4) is 0 Å². The Labute approximate surface area is 103 Å². The Hall–Kier alpha value is -0.650. The van der Waals surface area contributed by atoms with E-state index >= 15 is 0 Å². The fourth-order valence-corrected chi connectivity index (χ4v) is 2.53. The Balaban J connectivity index is 1.62. The molecular formula is C12H23N3O2. The van der Waals surface area contributed by atoms with E-state index in [4.69, 9.17) is 10.5 Å². The molecule has 98 valence electrons. The number of rotatable bonds is 4. The molecule has 3 N–H and O–H groups in total. The van der Waals surface area contributed by atoms with Gasteiger partial charge in [0.1, 0.15) is 0 Å². The monoisotopic (exact) mass is 241 g/mol. The van der Waals surface area contributed by atoms with Crippen molar-refractivity contribution in [2.24, 2.45) is 5.73 Å². The van der Waals surface area contributed by atoms with Gasteiger partial charge in [0.05, 0.1) is 12.6 Å². The Kier molecular flexibility index (Phi) is 4.76. The second-order valence-electron chi connectivity index (χ2n) is 5.08. The van der Waals surface area contributed by atoms with E-state index < -0.39 is 0 Å². The lowest BCUT2D eigenvalue weighted by molar-refractivity contribution is -0.123. The van der Waals surface area contributed by atoms with Crippen molar-refractivity contribution in [3.05, 3.63) is 0 Å². The van der Waals surface area contributed by atoms with Crippen LogP contribution in [-0.4, -0.2) is 55.7 Å². The smallest absolute Gasteiger partial charge is 0.234 e. The molecule has 5 heteroatoms. The minimum absolute atomic E-state index is 0.0922. The Morgan fingerprint density at radius 1 is 1.41 bits per heavy atom. The van der Waals surface area contributed by atoms with E-state index in [9.17, 15) is 4.79 Å². The number of amides is 1. The summed E-state index contributed by atoms with van der Waals surface area (Å²) >= 11 is 0. The van der Waals surface area contributed by atoms with Crippen LogP contribution < -0.4 is 11.1 Å². The van der Waals surface area contributed by atoms with Crippen molar-refractivity contribution in [1.82, 2.24) is 10.2 Å². The molecule has 2 heterocycles. The number of nitrogens with zero attached hydrogens (tertiary/aromatic N) is 1. The number of nitrogens with two attached hydrogens (primary N) is 1. The Morgan fingerprint density at radius 3 is 3.00 bits per heavy atom. The third kappa shape index (κ3) is 4.26.